The van der Waals surface area contributed by atoms with E-state index in [1.807, 2.05) is 0 Å². The predicted octanol–water partition coefficient (Wildman–Crippen LogP) is 2.70. The van der Waals surface area contributed by atoms with Crippen LogP contribution in [0.5, 0.6) is 0 Å². The molecule has 0 aliphatic carbocycles. The highest BCUT2D eigenvalue weighted by Gasteiger charge is 2.06. The highest BCUT2D eigenvalue weighted by atomic mass is 35.5. The third kappa shape index (κ3) is 3.14. The first kappa shape index (κ1) is 10.8. The normalized spacial score (nSPS) is 12.9. The minimum absolute atomic E-state index is 0.333. The first-order valence-corrected chi connectivity index (χ1v) is 4.82. The quantitative estimate of drug-likeness (QED) is 0.849. The lowest BCUT2D eigenvalue weighted by molar-refractivity contribution is 0.185. The van der Waals surface area contributed by atoms with Crippen LogP contribution in [-0.4, -0.2) is 16.2 Å². The third-order valence-electron chi connectivity index (χ3n) is 1.76. The SMILES string of the molecule is CC(O)CCc1c(Cl)cncc1Cl. The van der Waals surface area contributed by atoms with Gasteiger partial charge in [-0.1, -0.05) is 23.2 Å². The molecule has 0 bridgehead atoms. The van der Waals surface area contributed by atoms with E-state index >= 15 is 0 Å². The van der Waals surface area contributed by atoms with Crippen molar-refractivity contribution in [1.29, 1.82) is 0 Å². The fraction of sp³-hybridized carbons (Fsp3) is 0.444. The molecule has 1 atom stereocenters. The van der Waals surface area contributed by atoms with Crippen LogP contribution in [-0.2, 0) is 6.42 Å². The van der Waals surface area contributed by atoms with Gasteiger partial charge in [0.25, 0.3) is 0 Å². The molecule has 0 aliphatic heterocycles. The minimum atomic E-state index is -0.333. The van der Waals surface area contributed by atoms with Gasteiger partial charge in [-0.05, 0) is 25.3 Å². The van der Waals surface area contributed by atoms with Crippen LogP contribution < -0.4 is 0 Å². The molecule has 0 fully saturated rings. The number of aromatic nitrogens is 1. The second-order valence-electron chi connectivity index (χ2n) is 2.97. The molecule has 0 amide bonds. The Labute approximate surface area is 87.5 Å². The van der Waals surface area contributed by atoms with Gasteiger partial charge in [-0.3, -0.25) is 4.98 Å². The Morgan fingerprint density at radius 2 is 1.92 bits per heavy atom. The molecule has 1 aromatic rings. The van der Waals surface area contributed by atoms with Crippen LogP contribution in [0.25, 0.3) is 0 Å². The lowest BCUT2D eigenvalue weighted by Crippen LogP contribution is -2.02. The molecule has 1 unspecified atom stereocenters. The van der Waals surface area contributed by atoms with Crippen LogP contribution in [0.1, 0.15) is 18.9 Å². The van der Waals surface area contributed by atoms with Crippen LogP contribution >= 0.6 is 23.2 Å². The summed E-state index contributed by atoms with van der Waals surface area (Å²) in [5.74, 6) is 0. The van der Waals surface area contributed by atoms with Crippen molar-refractivity contribution in [2.45, 2.75) is 25.9 Å². The van der Waals surface area contributed by atoms with Crippen molar-refractivity contribution in [3.05, 3.63) is 28.0 Å². The van der Waals surface area contributed by atoms with E-state index in [1.54, 1.807) is 19.3 Å². The maximum Gasteiger partial charge on any atom is 0.0636 e. The number of nitrogens with zero attached hydrogens (tertiary/aromatic N) is 1. The Morgan fingerprint density at radius 3 is 2.38 bits per heavy atom. The van der Waals surface area contributed by atoms with E-state index in [2.05, 4.69) is 4.98 Å². The minimum Gasteiger partial charge on any atom is -0.393 e. The molecule has 1 rings (SSSR count). The Bertz CT molecular complexity index is 269. The zero-order chi connectivity index (χ0) is 9.84. The smallest absolute Gasteiger partial charge is 0.0636 e. The van der Waals surface area contributed by atoms with Gasteiger partial charge in [0.15, 0.2) is 0 Å². The molecule has 4 heteroatoms. The molecule has 72 valence electrons. The van der Waals surface area contributed by atoms with Crippen LogP contribution in [0, 0.1) is 0 Å². The molecule has 13 heavy (non-hydrogen) atoms. The molecule has 0 aliphatic rings. The van der Waals surface area contributed by atoms with Gasteiger partial charge < -0.3 is 5.11 Å². The van der Waals surface area contributed by atoms with Gasteiger partial charge in [0.2, 0.25) is 0 Å². The van der Waals surface area contributed by atoms with Crippen LogP contribution in [0.2, 0.25) is 10.0 Å². The molecule has 1 N–H and O–H groups in total. The van der Waals surface area contributed by atoms with E-state index < -0.39 is 0 Å². The van der Waals surface area contributed by atoms with Crippen molar-refractivity contribution in [2.75, 3.05) is 0 Å². The number of rotatable bonds is 3. The summed E-state index contributed by atoms with van der Waals surface area (Å²) in [7, 11) is 0. The van der Waals surface area contributed by atoms with E-state index in [0.29, 0.717) is 22.9 Å². The van der Waals surface area contributed by atoms with Gasteiger partial charge in [0.05, 0.1) is 16.1 Å². The maximum absolute atomic E-state index is 9.09. The molecule has 1 aromatic heterocycles. The summed E-state index contributed by atoms with van der Waals surface area (Å²) in [6, 6.07) is 0. The molecule has 0 saturated carbocycles. The Kier molecular flexibility index (Phi) is 3.97. The van der Waals surface area contributed by atoms with E-state index in [9.17, 15) is 0 Å². The lowest BCUT2D eigenvalue weighted by atomic mass is 10.1. The van der Waals surface area contributed by atoms with Crippen molar-refractivity contribution in [2.24, 2.45) is 0 Å². The van der Waals surface area contributed by atoms with Crippen LogP contribution in [0.4, 0.5) is 0 Å². The van der Waals surface area contributed by atoms with Gasteiger partial charge in [-0.15, -0.1) is 0 Å². The van der Waals surface area contributed by atoms with Gasteiger partial charge >= 0.3 is 0 Å². The summed E-state index contributed by atoms with van der Waals surface area (Å²) in [4.78, 5) is 3.85. The van der Waals surface area contributed by atoms with E-state index in [-0.39, 0.29) is 6.10 Å². The second kappa shape index (κ2) is 4.80. The summed E-state index contributed by atoms with van der Waals surface area (Å²) in [5, 5.41) is 10.2. The first-order valence-electron chi connectivity index (χ1n) is 4.07. The molecule has 1 heterocycles. The summed E-state index contributed by atoms with van der Waals surface area (Å²) >= 11 is 11.8. The number of pyridine rings is 1. The molecule has 0 aromatic carbocycles. The lowest BCUT2D eigenvalue weighted by Gasteiger charge is -2.07. The summed E-state index contributed by atoms with van der Waals surface area (Å²) in [6.45, 7) is 1.74. The average molecular weight is 220 g/mol. The van der Waals surface area contributed by atoms with E-state index in [4.69, 9.17) is 28.3 Å². The fourth-order valence-electron chi connectivity index (χ4n) is 1.03. The van der Waals surface area contributed by atoms with Gasteiger partial charge in [-0.25, -0.2) is 0 Å². The fourth-order valence-corrected chi connectivity index (χ4v) is 1.58. The highest BCUT2D eigenvalue weighted by Crippen LogP contribution is 2.24. The van der Waals surface area contributed by atoms with E-state index in [0.717, 1.165) is 5.56 Å². The van der Waals surface area contributed by atoms with Gasteiger partial charge in [0.1, 0.15) is 0 Å². The van der Waals surface area contributed by atoms with Crippen molar-refractivity contribution >= 4 is 23.2 Å². The zero-order valence-electron chi connectivity index (χ0n) is 7.30. The summed E-state index contributed by atoms with van der Waals surface area (Å²) < 4.78 is 0. The summed E-state index contributed by atoms with van der Waals surface area (Å²) in [5.41, 5.74) is 0.860. The van der Waals surface area contributed by atoms with Crippen molar-refractivity contribution < 1.29 is 5.11 Å². The number of aliphatic hydroxyl groups excluding tert-OH is 1. The molecule has 0 saturated heterocycles. The van der Waals surface area contributed by atoms with Crippen LogP contribution in [0.3, 0.4) is 0 Å². The van der Waals surface area contributed by atoms with Gasteiger partial charge in [0, 0.05) is 12.4 Å². The Balaban J connectivity index is 2.75. The number of hydrogen-bond donors (Lipinski definition) is 1. The zero-order valence-corrected chi connectivity index (χ0v) is 8.81. The molecule has 0 spiro atoms. The number of hydrogen-bond acceptors (Lipinski definition) is 2. The molecule has 2 nitrogen and oxygen atoms in total. The summed E-state index contributed by atoms with van der Waals surface area (Å²) in [6.07, 6.45) is 4.12. The highest BCUT2D eigenvalue weighted by molar-refractivity contribution is 6.35. The number of aliphatic hydroxyl groups is 1. The second-order valence-corrected chi connectivity index (χ2v) is 3.78. The Hall–Kier alpha value is -0.310. The maximum atomic E-state index is 9.09. The predicted molar refractivity (Wildman–Crippen MR) is 54.3 cm³/mol. The monoisotopic (exact) mass is 219 g/mol. The van der Waals surface area contributed by atoms with Crippen molar-refractivity contribution in [3.63, 3.8) is 0 Å². The third-order valence-corrected chi connectivity index (χ3v) is 2.42. The molecule has 0 radical (unpaired) electrons. The standard InChI is InChI=1S/C9H11Cl2NO/c1-6(13)2-3-7-8(10)4-12-5-9(7)11/h4-6,13H,2-3H2,1H3. The van der Waals surface area contributed by atoms with Crippen molar-refractivity contribution in [3.8, 4) is 0 Å². The van der Waals surface area contributed by atoms with Gasteiger partial charge in [-0.2, -0.15) is 0 Å². The molecular weight excluding hydrogens is 209 g/mol. The molecular formula is C9H11Cl2NO. The Morgan fingerprint density at radius 1 is 1.38 bits per heavy atom. The van der Waals surface area contributed by atoms with E-state index in [1.165, 1.54) is 0 Å². The largest absolute Gasteiger partial charge is 0.393 e. The average Bonchev–Trinajstić information content (AvgIpc) is 2.03. The van der Waals surface area contributed by atoms with Crippen molar-refractivity contribution in [1.82, 2.24) is 4.98 Å². The number of halogens is 2. The topological polar surface area (TPSA) is 33.1 Å². The first-order chi connectivity index (χ1) is 6.11. The van der Waals surface area contributed by atoms with Crippen LogP contribution in [0.15, 0.2) is 12.4 Å².